The van der Waals surface area contributed by atoms with E-state index in [2.05, 4.69) is 20.5 Å². The number of aromatic amines is 1. The van der Waals surface area contributed by atoms with Gasteiger partial charge in [-0.15, -0.1) is 0 Å². The molecule has 27 heavy (non-hydrogen) atoms. The lowest BCUT2D eigenvalue weighted by Gasteiger charge is -2.10. The first kappa shape index (κ1) is 20.1. The number of halogens is 3. The van der Waals surface area contributed by atoms with Crippen LogP contribution in [0, 0.1) is 5.82 Å². The average molecular weight is 383 g/mol. The Morgan fingerprint density at radius 1 is 1.37 bits per heavy atom. The number of amides is 1. The molecule has 0 aliphatic heterocycles. The maximum atomic E-state index is 14.2. The topological polar surface area (TPSA) is 122 Å². The molecule has 0 aliphatic rings. The number of nitrogens with zero attached hydrogens (tertiary/aromatic N) is 2. The Morgan fingerprint density at radius 3 is 2.81 bits per heavy atom. The van der Waals surface area contributed by atoms with Crippen molar-refractivity contribution < 1.29 is 22.7 Å². The number of carbonyl (C=O) groups is 1. The second-order valence-corrected chi connectivity index (χ2v) is 5.19. The number of ether oxygens (including phenoxy) is 1. The van der Waals surface area contributed by atoms with E-state index in [-0.39, 0.29) is 30.4 Å². The van der Waals surface area contributed by atoms with Gasteiger partial charge in [-0.25, -0.2) is 23.3 Å². The van der Waals surface area contributed by atoms with Crippen molar-refractivity contribution in [3.05, 3.63) is 57.8 Å². The molecule has 0 unspecified atom stereocenters. The van der Waals surface area contributed by atoms with Crippen LogP contribution < -0.4 is 16.6 Å². The van der Waals surface area contributed by atoms with Crippen molar-refractivity contribution in [1.29, 1.82) is 0 Å². The SMILES string of the molecule is NC(COCCF)=N[C@H](F)c1cc(NC(=O)c2ccc(=O)[nH]n2)ccc1F. The fourth-order valence-corrected chi connectivity index (χ4v) is 1.95. The van der Waals surface area contributed by atoms with E-state index in [0.717, 1.165) is 18.2 Å². The predicted octanol–water partition coefficient (Wildman–Crippen LogP) is 1.47. The van der Waals surface area contributed by atoms with E-state index < -0.39 is 35.8 Å². The van der Waals surface area contributed by atoms with Crippen molar-refractivity contribution in [3.63, 3.8) is 0 Å². The smallest absolute Gasteiger partial charge is 0.276 e. The number of anilines is 1. The zero-order valence-corrected chi connectivity index (χ0v) is 13.9. The van der Waals surface area contributed by atoms with Gasteiger partial charge in [0.25, 0.3) is 11.5 Å². The van der Waals surface area contributed by atoms with Crippen LogP contribution in [0.4, 0.5) is 18.9 Å². The number of carbonyl (C=O) groups excluding carboxylic acids is 1. The first-order chi connectivity index (χ1) is 12.9. The van der Waals surface area contributed by atoms with Crippen LogP contribution in [-0.2, 0) is 4.74 Å². The molecule has 0 saturated heterocycles. The first-order valence-electron chi connectivity index (χ1n) is 7.67. The van der Waals surface area contributed by atoms with Gasteiger partial charge in [0.15, 0.2) is 0 Å². The molecule has 1 heterocycles. The van der Waals surface area contributed by atoms with E-state index in [9.17, 15) is 22.8 Å². The summed E-state index contributed by atoms with van der Waals surface area (Å²) in [4.78, 5) is 26.4. The minimum absolute atomic E-state index is 0.0782. The summed E-state index contributed by atoms with van der Waals surface area (Å²) >= 11 is 0. The highest BCUT2D eigenvalue weighted by Gasteiger charge is 2.16. The van der Waals surface area contributed by atoms with Gasteiger partial charge >= 0.3 is 0 Å². The number of aromatic nitrogens is 2. The van der Waals surface area contributed by atoms with Crippen LogP contribution in [0.3, 0.4) is 0 Å². The van der Waals surface area contributed by atoms with Crippen LogP contribution in [0.15, 0.2) is 40.1 Å². The van der Waals surface area contributed by atoms with Gasteiger partial charge in [0.1, 0.15) is 30.6 Å². The Kier molecular flexibility index (Phi) is 7.06. The summed E-state index contributed by atoms with van der Waals surface area (Å²) in [7, 11) is 0. The summed E-state index contributed by atoms with van der Waals surface area (Å²) in [6.07, 6.45) is -2.15. The van der Waals surface area contributed by atoms with Crippen molar-refractivity contribution in [2.75, 3.05) is 25.2 Å². The molecule has 0 saturated carbocycles. The summed E-state index contributed by atoms with van der Waals surface area (Å²) in [6.45, 7) is -1.25. The molecule has 1 aromatic carbocycles. The number of benzene rings is 1. The molecule has 0 spiro atoms. The maximum Gasteiger partial charge on any atom is 0.276 e. The molecule has 4 N–H and O–H groups in total. The number of hydrogen-bond donors (Lipinski definition) is 3. The van der Waals surface area contributed by atoms with Crippen LogP contribution in [0.25, 0.3) is 0 Å². The van der Waals surface area contributed by atoms with Crippen LogP contribution in [0.1, 0.15) is 22.3 Å². The Morgan fingerprint density at radius 2 is 2.15 bits per heavy atom. The third-order valence-electron chi connectivity index (χ3n) is 3.17. The summed E-state index contributed by atoms with van der Waals surface area (Å²) in [6, 6.07) is 5.51. The molecular weight excluding hydrogens is 367 g/mol. The second kappa shape index (κ2) is 9.48. The molecule has 1 atom stereocenters. The van der Waals surface area contributed by atoms with Crippen molar-refractivity contribution in [3.8, 4) is 0 Å². The number of nitrogens with one attached hydrogen (secondary N) is 2. The Balaban J connectivity index is 2.12. The molecule has 1 aromatic heterocycles. The van der Waals surface area contributed by atoms with Gasteiger partial charge in [-0.05, 0) is 24.3 Å². The van der Waals surface area contributed by atoms with E-state index in [1.165, 1.54) is 12.1 Å². The predicted molar refractivity (Wildman–Crippen MR) is 91.5 cm³/mol. The van der Waals surface area contributed by atoms with Crippen LogP contribution >= 0.6 is 0 Å². The second-order valence-electron chi connectivity index (χ2n) is 5.19. The van der Waals surface area contributed by atoms with Crippen molar-refractivity contribution in [2.45, 2.75) is 6.30 Å². The highest BCUT2D eigenvalue weighted by molar-refractivity contribution is 6.02. The number of hydrogen-bond acceptors (Lipinski definition) is 5. The molecular formula is C16H16F3N5O3. The Labute approximate surface area is 151 Å². The minimum atomic E-state index is -2.15. The number of H-pyrrole nitrogens is 1. The van der Waals surface area contributed by atoms with Crippen molar-refractivity contribution in [1.82, 2.24) is 10.2 Å². The highest BCUT2D eigenvalue weighted by atomic mass is 19.1. The zero-order valence-electron chi connectivity index (χ0n) is 13.9. The molecule has 11 heteroatoms. The molecule has 144 valence electrons. The molecule has 0 bridgehead atoms. The summed E-state index contributed by atoms with van der Waals surface area (Å²) < 4.78 is 44.8. The lowest BCUT2D eigenvalue weighted by molar-refractivity contribution is 0.102. The van der Waals surface area contributed by atoms with Gasteiger partial charge in [-0.1, -0.05) is 0 Å². The quantitative estimate of drug-likeness (QED) is 0.276. The fraction of sp³-hybridized carbons (Fsp3) is 0.250. The summed E-state index contributed by atoms with van der Waals surface area (Å²) in [5.41, 5.74) is 4.48. The maximum absolute atomic E-state index is 14.2. The van der Waals surface area contributed by atoms with E-state index in [0.29, 0.717) is 0 Å². The van der Waals surface area contributed by atoms with E-state index in [1.54, 1.807) is 0 Å². The molecule has 2 aromatic rings. The van der Waals surface area contributed by atoms with E-state index in [1.807, 2.05) is 0 Å². The normalized spacial score (nSPS) is 12.6. The molecule has 0 radical (unpaired) electrons. The largest absolute Gasteiger partial charge is 0.385 e. The van der Waals surface area contributed by atoms with Gasteiger partial charge in [0.2, 0.25) is 6.30 Å². The fourth-order valence-electron chi connectivity index (χ4n) is 1.95. The molecule has 0 fully saturated rings. The van der Waals surface area contributed by atoms with Crippen molar-refractivity contribution in [2.24, 2.45) is 10.7 Å². The highest BCUT2D eigenvalue weighted by Crippen LogP contribution is 2.25. The van der Waals surface area contributed by atoms with Crippen LogP contribution in [0.5, 0.6) is 0 Å². The molecule has 0 aliphatic carbocycles. The average Bonchev–Trinajstić information content (AvgIpc) is 2.64. The van der Waals surface area contributed by atoms with Crippen molar-refractivity contribution >= 4 is 17.4 Å². The Bertz CT molecular complexity index is 867. The van der Waals surface area contributed by atoms with Gasteiger partial charge in [-0.2, -0.15) is 5.10 Å². The zero-order chi connectivity index (χ0) is 19.8. The summed E-state index contributed by atoms with van der Waals surface area (Å²) in [5, 5.41) is 8.03. The summed E-state index contributed by atoms with van der Waals surface area (Å²) in [5.74, 6) is -1.87. The van der Waals surface area contributed by atoms with Gasteiger partial charge in [-0.3, -0.25) is 9.59 Å². The van der Waals surface area contributed by atoms with E-state index in [4.69, 9.17) is 10.5 Å². The van der Waals surface area contributed by atoms with Gasteiger partial charge in [0.05, 0.1) is 6.61 Å². The monoisotopic (exact) mass is 383 g/mol. The van der Waals surface area contributed by atoms with Gasteiger partial charge < -0.3 is 15.8 Å². The first-order valence-corrected chi connectivity index (χ1v) is 7.67. The number of rotatable bonds is 8. The minimum Gasteiger partial charge on any atom is -0.385 e. The lowest BCUT2D eigenvalue weighted by atomic mass is 10.1. The standard InChI is InChI=1S/C16H16F3N5O3/c17-5-6-27-8-13(20)22-15(19)10-7-9(1-2-11(10)18)21-16(26)12-3-4-14(25)24-23-12/h1-4,7,15H,5-6,8H2,(H2,20,22)(H,21,26)(H,24,25)/t15-/m0/s1. The third-order valence-corrected chi connectivity index (χ3v) is 3.17. The third kappa shape index (κ3) is 5.92. The number of aliphatic imine (C=N–C) groups is 1. The lowest BCUT2D eigenvalue weighted by Crippen LogP contribution is -2.21. The Hall–Kier alpha value is -3.21. The number of alkyl halides is 2. The number of amidine groups is 1. The van der Waals surface area contributed by atoms with E-state index >= 15 is 0 Å². The molecule has 1 amide bonds. The van der Waals surface area contributed by atoms with Crippen LogP contribution in [-0.4, -0.2) is 41.8 Å². The van der Waals surface area contributed by atoms with Crippen LogP contribution in [0.2, 0.25) is 0 Å². The molecule has 2 rings (SSSR count). The molecule has 8 nitrogen and oxygen atoms in total. The van der Waals surface area contributed by atoms with Gasteiger partial charge in [0, 0.05) is 17.3 Å². The number of nitrogens with two attached hydrogens (primary N) is 1.